The van der Waals surface area contributed by atoms with Crippen molar-refractivity contribution in [1.82, 2.24) is 10.6 Å². The van der Waals surface area contributed by atoms with E-state index in [-0.39, 0.29) is 24.6 Å². The monoisotopic (exact) mass is 240 g/mol. The van der Waals surface area contributed by atoms with Crippen LogP contribution in [-0.4, -0.2) is 30.3 Å². The maximum absolute atomic E-state index is 11.7. The Kier molecular flexibility index (Phi) is 3.92. The highest BCUT2D eigenvalue weighted by Gasteiger charge is 2.47. The quantitative estimate of drug-likeness (QED) is 0.694. The summed E-state index contributed by atoms with van der Waals surface area (Å²) in [4.78, 5) is 11.7. The van der Waals surface area contributed by atoms with Crippen LogP contribution in [0.25, 0.3) is 0 Å². The Hall–Kier alpha value is -0.770. The first-order valence-electron chi connectivity index (χ1n) is 6.77. The summed E-state index contributed by atoms with van der Waals surface area (Å²) in [6.07, 6.45) is 3.61. The molecule has 4 atom stereocenters. The van der Waals surface area contributed by atoms with E-state index in [2.05, 4.69) is 24.5 Å². The number of amides is 2. The van der Waals surface area contributed by atoms with Crippen LogP contribution in [0.3, 0.4) is 0 Å². The molecule has 0 radical (unpaired) electrons. The Morgan fingerprint density at radius 3 is 2.71 bits per heavy atom. The molecule has 4 heteroatoms. The van der Waals surface area contributed by atoms with Crippen molar-refractivity contribution in [3.8, 4) is 0 Å². The molecule has 0 spiro atoms. The maximum atomic E-state index is 11.7. The zero-order chi connectivity index (χ0) is 12.4. The molecule has 2 aliphatic rings. The highest BCUT2D eigenvalue weighted by Crippen LogP contribution is 2.48. The normalized spacial score (nSPS) is 35.3. The van der Waals surface area contributed by atoms with E-state index in [9.17, 15) is 9.90 Å². The predicted octanol–water partition coefficient (Wildman–Crippen LogP) is 1.35. The molecule has 2 bridgehead atoms. The summed E-state index contributed by atoms with van der Waals surface area (Å²) in [5.41, 5.74) is 0. The van der Waals surface area contributed by atoms with Crippen molar-refractivity contribution in [2.75, 3.05) is 13.2 Å². The van der Waals surface area contributed by atoms with Gasteiger partial charge in [0.1, 0.15) is 0 Å². The van der Waals surface area contributed by atoms with Gasteiger partial charge in [0.05, 0.1) is 0 Å². The molecule has 2 aliphatic carbocycles. The number of aliphatic hydroxyl groups excluding tert-OH is 1. The fourth-order valence-corrected chi connectivity index (χ4v) is 3.40. The lowest BCUT2D eigenvalue weighted by Gasteiger charge is -2.30. The molecule has 4 unspecified atom stereocenters. The van der Waals surface area contributed by atoms with Gasteiger partial charge in [-0.25, -0.2) is 4.79 Å². The lowest BCUT2D eigenvalue weighted by atomic mass is 9.85. The molecule has 0 aliphatic heterocycles. The minimum atomic E-state index is -0.0744. The fraction of sp³-hybridized carbons (Fsp3) is 0.923. The highest BCUT2D eigenvalue weighted by molar-refractivity contribution is 5.74. The van der Waals surface area contributed by atoms with E-state index in [4.69, 9.17) is 0 Å². The summed E-state index contributed by atoms with van der Waals surface area (Å²) in [7, 11) is 0. The third-order valence-corrected chi connectivity index (χ3v) is 4.27. The second-order valence-electron chi connectivity index (χ2n) is 5.95. The topological polar surface area (TPSA) is 61.4 Å². The van der Waals surface area contributed by atoms with Crippen LogP contribution in [-0.2, 0) is 0 Å². The molecule has 0 aromatic heterocycles. The minimum Gasteiger partial charge on any atom is -0.396 e. The van der Waals surface area contributed by atoms with Gasteiger partial charge in [-0.1, -0.05) is 13.8 Å². The van der Waals surface area contributed by atoms with Crippen molar-refractivity contribution < 1.29 is 9.90 Å². The van der Waals surface area contributed by atoms with Crippen LogP contribution in [0.4, 0.5) is 4.79 Å². The van der Waals surface area contributed by atoms with E-state index in [1.807, 2.05) is 0 Å². The number of carbonyl (C=O) groups is 1. The van der Waals surface area contributed by atoms with E-state index in [1.54, 1.807) is 0 Å². The smallest absolute Gasteiger partial charge is 0.315 e. The molecule has 98 valence electrons. The summed E-state index contributed by atoms with van der Waals surface area (Å²) in [5, 5.41) is 15.4. The Morgan fingerprint density at radius 1 is 1.35 bits per heavy atom. The summed E-state index contributed by atoms with van der Waals surface area (Å²) in [5.74, 6) is 1.95. The zero-order valence-corrected chi connectivity index (χ0v) is 10.8. The van der Waals surface area contributed by atoms with Crippen LogP contribution in [0.2, 0.25) is 0 Å². The van der Waals surface area contributed by atoms with Crippen LogP contribution in [0.1, 0.15) is 33.1 Å². The van der Waals surface area contributed by atoms with Crippen molar-refractivity contribution in [3.63, 3.8) is 0 Å². The lowest BCUT2D eigenvalue weighted by molar-refractivity contribution is 0.144. The third kappa shape index (κ3) is 2.73. The average molecular weight is 240 g/mol. The molecule has 4 nitrogen and oxygen atoms in total. The van der Waals surface area contributed by atoms with Crippen molar-refractivity contribution >= 4 is 6.03 Å². The Balaban J connectivity index is 1.83. The van der Waals surface area contributed by atoms with Gasteiger partial charge < -0.3 is 15.7 Å². The van der Waals surface area contributed by atoms with Gasteiger partial charge in [0.25, 0.3) is 0 Å². The number of urea groups is 1. The molecule has 0 heterocycles. The molecule has 0 saturated heterocycles. The summed E-state index contributed by atoms with van der Waals surface area (Å²) in [6, 6.07) is 0.112. The van der Waals surface area contributed by atoms with Gasteiger partial charge in [0, 0.05) is 25.1 Å². The molecule has 3 N–H and O–H groups in total. The fourth-order valence-electron chi connectivity index (χ4n) is 3.40. The number of fused-ring (bicyclic) bond motifs is 2. The van der Waals surface area contributed by atoms with Gasteiger partial charge in [-0.15, -0.1) is 0 Å². The Morgan fingerprint density at radius 2 is 2.06 bits per heavy atom. The molecular formula is C13H24N2O2. The Labute approximate surface area is 103 Å². The summed E-state index contributed by atoms with van der Waals surface area (Å²) in [6.45, 7) is 5.06. The molecule has 2 rings (SSSR count). The second-order valence-corrected chi connectivity index (χ2v) is 5.95. The van der Waals surface area contributed by atoms with Crippen molar-refractivity contribution in [2.45, 2.75) is 39.2 Å². The number of hydrogen-bond donors (Lipinski definition) is 3. The molecular weight excluding hydrogens is 216 g/mol. The standard InChI is InChI=1S/C13H24N2O2/c1-8(2)6-14-13(17)15-12-10-4-3-9(5-10)11(12)7-16/h8-12,16H,3-7H2,1-2H3,(H2,14,15,17). The number of aliphatic hydroxyl groups is 1. The largest absolute Gasteiger partial charge is 0.396 e. The Bertz CT molecular complexity index is 281. The first kappa shape index (κ1) is 12.7. The number of hydrogen-bond acceptors (Lipinski definition) is 2. The van der Waals surface area contributed by atoms with Crippen LogP contribution in [0, 0.1) is 23.7 Å². The minimum absolute atomic E-state index is 0.0744. The van der Waals surface area contributed by atoms with Crippen LogP contribution in [0.15, 0.2) is 0 Å². The van der Waals surface area contributed by atoms with Crippen molar-refractivity contribution in [1.29, 1.82) is 0 Å². The zero-order valence-electron chi connectivity index (χ0n) is 10.8. The summed E-state index contributed by atoms with van der Waals surface area (Å²) < 4.78 is 0. The van der Waals surface area contributed by atoms with E-state index in [1.165, 1.54) is 19.3 Å². The molecule has 2 saturated carbocycles. The van der Waals surface area contributed by atoms with Crippen LogP contribution < -0.4 is 10.6 Å². The molecule has 0 aromatic rings. The van der Waals surface area contributed by atoms with Crippen LogP contribution >= 0.6 is 0 Å². The molecule has 2 amide bonds. The third-order valence-electron chi connectivity index (χ3n) is 4.27. The first-order valence-corrected chi connectivity index (χ1v) is 6.77. The molecule has 2 fully saturated rings. The van der Waals surface area contributed by atoms with Gasteiger partial charge >= 0.3 is 6.03 Å². The van der Waals surface area contributed by atoms with Crippen molar-refractivity contribution in [2.24, 2.45) is 23.7 Å². The lowest BCUT2D eigenvalue weighted by Crippen LogP contribution is -2.49. The average Bonchev–Trinajstić information content (AvgIpc) is 2.86. The number of carbonyl (C=O) groups excluding carboxylic acids is 1. The van der Waals surface area contributed by atoms with E-state index >= 15 is 0 Å². The van der Waals surface area contributed by atoms with Gasteiger partial charge in [-0.05, 0) is 37.0 Å². The van der Waals surface area contributed by atoms with Gasteiger partial charge in [0.2, 0.25) is 0 Å². The maximum Gasteiger partial charge on any atom is 0.315 e. The molecule has 17 heavy (non-hydrogen) atoms. The number of nitrogens with one attached hydrogen (secondary N) is 2. The van der Waals surface area contributed by atoms with E-state index in [0.29, 0.717) is 24.3 Å². The van der Waals surface area contributed by atoms with Gasteiger partial charge in [-0.2, -0.15) is 0 Å². The SMILES string of the molecule is CC(C)CNC(=O)NC1C2CCC(C2)C1CO. The van der Waals surface area contributed by atoms with E-state index < -0.39 is 0 Å². The first-order chi connectivity index (χ1) is 8.11. The summed E-state index contributed by atoms with van der Waals surface area (Å²) >= 11 is 0. The van der Waals surface area contributed by atoms with Gasteiger partial charge in [-0.3, -0.25) is 0 Å². The van der Waals surface area contributed by atoms with Gasteiger partial charge in [0.15, 0.2) is 0 Å². The van der Waals surface area contributed by atoms with E-state index in [0.717, 1.165) is 0 Å². The highest BCUT2D eigenvalue weighted by atomic mass is 16.3. The molecule has 0 aromatic carbocycles. The van der Waals surface area contributed by atoms with Crippen molar-refractivity contribution in [3.05, 3.63) is 0 Å². The predicted molar refractivity (Wildman–Crippen MR) is 66.6 cm³/mol. The van der Waals surface area contributed by atoms with Crippen LogP contribution in [0.5, 0.6) is 0 Å². The second kappa shape index (κ2) is 5.25. The number of rotatable bonds is 4.